The van der Waals surface area contributed by atoms with Gasteiger partial charge in [0.1, 0.15) is 12.3 Å². The Hall–Kier alpha value is -1.49. The smallest absolute Gasteiger partial charge is 0.280 e. The summed E-state index contributed by atoms with van der Waals surface area (Å²) in [5.74, 6) is -0.0339. The molecule has 3 atom stereocenters. The quantitative estimate of drug-likeness (QED) is 0.517. The van der Waals surface area contributed by atoms with Crippen molar-refractivity contribution in [1.29, 1.82) is 0 Å². The molecule has 0 bridgehead atoms. The number of hydrogen-bond donors (Lipinski definition) is 4. The maximum Gasteiger partial charge on any atom is 0.280 e. The molecule has 0 spiro atoms. The van der Waals surface area contributed by atoms with Crippen LogP contribution in [0.4, 0.5) is 5.95 Å². The average molecular weight is 346 g/mol. The van der Waals surface area contributed by atoms with E-state index in [4.69, 9.17) is 15.6 Å². The molecule has 5 N–H and O–H groups in total. The van der Waals surface area contributed by atoms with Crippen LogP contribution < -0.4 is 11.3 Å². The molecule has 1 aliphatic rings. The second kappa shape index (κ2) is 4.81. The summed E-state index contributed by atoms with van der Waals surface area (Å²) in [7, 11) is 0. The van der Waals surface area contributed by atoms with E-state index in [1.54, 1.807) is 0 Å². The Bertz CT molecular complexity index is 713. The van der Waals surface area contributed by atoms with Crippen LogP contribution in [0.25, 0.3) is 11.2 Å². The van der Waals surface area contributed by atoms with E-state index in [0.29, 0.717) is 4.73 Å². The zero-order chi connectivity index (χ0) is 14.4. The predicted molar refractivity (Wildman–Crippen MR) is 71.9 cm³/mol. The Morgan fingerprint density at radius 2 is 2.30 bits per heavy atom. The molecule has 20 heavy (non-hydrogen) atoms. The Kier molecular flexibility index (Phi) is 3.24. The summed E-state index contributed by atoms with van der Waals surface area (Å²) in [6, 6.07) is 0. The van der Waals surface area contributed by atoms with Gasteiger partial charge in [-0.1, -0.05) is 0 Å². The summed E-state index contributed by atoms with van der Waals surface area (Å²) in [5, 5.41) is 18.9. The first-order valence-electron chi connectivity index (χ1n) is 5.89. The van der Waals surface area contributed by atoms with Crippen molar-refractivity contribution in [3.8, 4) is 0 Å². The van der Waals surface area contributed by atoms with Crippen LogP contribution in [0.3, 0.4) is 0 Å². The number of nitrogens with one attached hydrogen (secondary N) is 1. The van der Waals surface area contributed by atoms with Gasteiger partial charge in [-0.25, -0.2) is 4.98 Å². The number of aromatic nitrogens is 4. The van der Waals surface area contributed by atoms with Crippen LogP contribution >= 0.6 is 15.9 Å². The highest BCUT2D eigenvalue weighted by Crippen LogP contribution is 2.33. The number of nitrogen functional groups attached to an aromatic ring is 1. The molecule has 0 amide bonds. The number of aromatic amines is 1. The van der Waals surface area contributed by atoms with Gasteiger partial charge in [0.15, 0.2) is 15.9 Å². The van der Waals surface area contributed by atoms with Crippen LogP contribution in [0.15, 0.2) is 9.53 Å². The van der Waals surface area contributed by atoms with Gasteiger partial charge in [0, 0.05) is 6.42 Å². The Labute approximate surface area is 120 Å². The third-order valence-corrected chi connectivity index (χ3v) is 3.76. The Morgan fingerprint density at radius 3 is 2.95 bits per heavy atom. The lowest BCUT2D eigenvalue weighted by Crippen LogP contribution is -2.24. The van der Waals surface area contributed by atoms with Gasteiger partial charge in [-0.3, -0.25) is 14.3 Å². The minimum absolute atomic E-state index is 0.0339. The van der Waals surface area contributed by atoms with Gasteiger partial charge in [0.25, 0.3) is 5.56 Å². The summed E-state index contributed by atoms with van der Waals surface area (Å²) in [4.78, 5) is 22.2. The topological polar surface area (TPSA) is 139 Å². The summed E-state index contributed by atoms with van der Waals surface area (Å²) in [5.41, 5.74) is 5.45. The Balaban J connectivity index is 2.13. The van der Waals surface area contributed by atoms with Gasteiger partial charge >= 0.3 is 0 Å². The van der Waals surface area contributed by atoms with Crippen molar-refractivity contribution in [3.63, 3.8) is 0 Å². The predicted octanol–water partition coefficient (Wildman–Crippen LogP) is -0.895. The van der Waals surface area contributed by atoms with Crippen LogP contribution in [0, 0.1) is 0 Å². The van der Waals surface area contributed by atoms with Crippen molar-refractivity contribution in [2.45, 2.75) is 24.9 Å². The number of halogens is 1. The summed E-state index contributed by atoms with van der Waals surface area (Å²) >= 11 is 3.23. The number of hydrogen-bond acceptors (Lipinski definition) is 7. The molecule has 2 aromatic heterocycles. The molecule has 3 rings (SSSR count). The summed E-state index contributed by atoms with van der Waals surface area (Å²) in [6.45, 7) is -0.294. The van der Waals surface area contributed by atoms with Crippen molar-refractivity contribution in [2.24, 2.45) is 0 Å². The molecule has 3 heterocycles. The van der Waals surface area contributed by atoms with E-state index in [2.05, 4.69) is 30.9 Å². The Morgan fingerprint density at radius 1 is 1.55 bits per heavy atom. The minimum Gasteiger partial charge on any atom is -0.394 e. The van der Waals surface area contributed by atoms with E-state index in [1.165, 1.54) is 4.57 Å². The number of imidazole rings is 1. The highest BCUT2D eigenvalue weighted by atomic mass is 79.9. The number of rotatable bonds is 2. The van der Waals surface area contributed by atoms with Crippen LogP contribution in [0.1, 0.15) is 12.6 Å². The first kappa shape index (κ1) is 13.5. The molecule has 2 aromatic rings. The number of aliphatic hydroxyl groups is 2. The third-order valence-electron chi connectivity index (χ3n) is 3.20. The zero-order valence-electron chi connectivity index (χ0n) is 10.2. The number of ether oxygens (including phenoxy) is 1. The van der Waals surface area contributed by atoms with E-state index in [1.807, 2.05) is 0 Å². The van der Waals surface area contributed by atoms with Crippen molar-refractivity contribution in [1.82, 2.24) is 19.5 Å². The molecule has 10 heteroatoms. The summed E-state index contributed by atoms with van der Waals surface area (Å²) in [6.07, 6.45) is -1.81. The number of nitrogens with two attached hydrogens (primary N) is 1. The molecule has 0 aromatic carbocycles. The van der Waals surface area contributed by atoms with Gasteiger partial charge in [0.05, 0.1) is 12.7 Å². The lowest BCUT2D eigenvalue weighted by Gasteiger charge is -2.14. The molecule has 1 fully saturated rings. The van der Waals surface area contributed by atoms with Crippen molar-refractivity contribution in [2.75, 3.05) is 12.3 Å². The second-order valence-electron chi connectivity index (χ2n) is 4.49. The molecular formula is C10H12BrN5O4. The number of H-pyrrole nitrogens is 1. The van der Waals surface area contributed by atoms with Gasteiger partial charge in [-0.2, -0.15) is 4.98 Å². The van der Waals surface area contributed by atoms with Crippen LogP contribution in [-0.2, 0) is 4.74 Å². The molecular weight excluding hydrogens is 334 g/mol. The standard InChI is InChI=1S/C10H12BrN5O4/c11-9-13-6-7(14-10(12)15-8(6)19)16(9)5-1-3(18)4(2-17)20-5/h3-5,17-18H,1-2H2,(H3,12,14,15,19)/t3-,4+,5+/m0/s1. The SMILES string of the molecule is Nc1nc2c(nc(Br)n2[C@H]2C[C@H](O)[C@@H](CO)O2)c(=O)[nH]1. The van der Waals surface area contributed by atoms with Crippen LogP contribution in [-0.4, -0.2) is 48.5 Å². The number of aliphatic hydroxyl groups excluding tert-OH is 2. The number of nitrogens with zero attached hydrogens (tertiary/aromatic N) is 3. The number of fused-ring (bicyclic) bond motifs is 1. The third kappa shape index (κ3) is 2.00. The van der Waals surface area contributed by atoms with Crippen molar-refractivity contribution >= 4 is 33.0 Å². The zero-order valence-corrected chi connectivity index (χ0v) is 11.7. The minimum atomic E-state index is -0.798. The molecule has 108 valence electrons. The number of anilines is 1. The highest BCUT2D eigenvalue weighted by Gasteiger charge is 2.36. The van der Waals surface area contributed by atoms with Gasteiger partial charge in [0.2, 0.25) is 5.95 Å². The van der Waals surface area contributed by atoms with Crippen LogP contribution in [0.5, 0.6) is 0 Å². The molecule has 1 saturated heterocycles. The molecule has 1 aliphatic heterocycles. The first-order chi connectivity index (χ1) is 9.51. The lowest BCUT2D eigenvalue weighted by molar-refractivity contribution is -0.0439. The molecule has 0 saturated carbocycles. The maximum absolute atomic E-state index is 11.8. The fraction of sp³-hybridized carbons (Fsp3) is 0.500. The van der Waals surface area contributed by atoms with Gasteiger partial charge in [-0.05, 0) is 15.9 Å². The molecule has 9 nitrogen and oxygen atoms in total. The molecule has 0 radical (unpaired) electrons. The maximum atomic E-state index is 11.8. The summed E-state index contributed by atoms with van der Waals surface area (Å²) < 4.78 is 7.40. The largest absolute Gasteiger partial charge is 0.394 e. The van der Waals surface area contributed by atoms with E-state index >= 15 is 0 Å². The van der Waals surface area contributed by atoms with E-state index in [0.717, 1.165) is 0 Å². The van der Waals surface area contributed by atoms with Gasteiger partial charge < -0.3 is 20.7 Å². The first-order valence-corrected chi connectivity index (χ1v) is 6.68. The fourth-order valence-electron chi connectivity index (χ4n) is 2.27. The highest BCUT2D eigenvalue weighted by molar-refractivity contribution is 9.10. The normalized spacial score (nSPS) is 26.4. The van der Waals surface area contributed by atoms with E-state index in [-0.39, 0.29) is 30.1 Å². The second-order valence-corrected chi connectivity index (χ2v) is 5.20. The van der Waals surface area contributed by atoms with Crippen LogP contribution in [0.2, 0.25) is 0 Å². The van der Waals surface area contributed by atoms with E-state index < -0.39 is 24.0 Å². The van der Waals surface area contributed by atoms with Crippen molar-refractivity contribution in [3.05, 3.63) is 15.1 Å². The van der Waals surface area contributed by atoms with Gasteiger partial charge in [-0.15, -0.1) is 0 Å². The average Bonchev–Trinajstić information content (AvgIpc) is 2.89. The van der Waals surface area contributed by atoms with E-state index in [9.17, 15) is 9.90 Å². The fourth-order valence-corrected chi connectivity index (χ4v) is 2.84. The van der Waals surface area contributed by atoms with Crippen molar-refractivity contribution < 1.29 is 14.9 Å². The molecule has 0 unspecified atom stereocenters. The monoisotopic (exact) mass is 345 g/mol. The lowest BCUT2D eigenvalue weighted by atomic mass is 10.2. The molecule has 0 aliphatic carbocycles.